The fraction of sp³-hybridized carbons (Fsp3) is 0.292. The molecular weight excluding hydrogens is 416 g/mol. The fourth-order valence-corrected chi connectivity index (χ4v) is 3.94. The molecule has 1 aliphatic heterocycles. The summed E-state index contributed by atoms with van der Waals surface area (Å²) in [5.41, 5.74) is 3.10. The second kappa shape index (κ2) is 8.95. The topological polar surface area (TPSA) is 98.0 Å². The minimum absolute atomic E-state index is 0.296. The standard InChI is InChI=1S/C24H28N8O/c1-4-5-18-14-22(30-29-18)26-21-15-23(32-10-8-31(3)9-11-32)28-24(27-21)33-19-6-7-20-17(13-19)12-16(2)25-20/h4-7,12-15,25H,8-11H2,1-3H3,(H2,26,27,28,29,30)/b5-4+. The molecule has 3 aromatic heterocycles. The first kappa shape index (κ1) is 21.0. The second-order valence-corrected chi connectivity index (χ2v) is 8.32. The first-order valence-electron chi connectivity index (χ1n) is 11.1. The zero-order chi connectivity index (χ0) is 22.8. The third kappa shape index (κ3) is 4.83. The van der Waals surface area contributed by atoms with Crippen LogP contribution in [0.4, 0.5) is 17.5 Å². The van der Waals surface area contributed by atoms with Gasteiger partial charge in [0.1, 0.15) is 17.4 Å². The molecule has 170 valence electrons. The minimum atomic E-state index is 0.296. The number of fused-ring (bicyclic) bond motifs is 1. The molecule has 33 heavy (non-hydrogen) atoms. The third-order valence-electron chi connectivity index (χ3n) is 5.66. The van der Waals surface area contributed by atoms with Crippen molar-refractivity contribution in [1.82, 2.24) is 30.0 Å². The number of rotatable bonds is 6. The van der Waals surface area contributed by atoms with Crippen LogP contribution in [0.3, 0.4) is 0 Å². The number of nitrogens with zero attached hydrogens (tertiary/aromatic N) is 5. The number of hydrogen-bond acceptors (Lipinski definition) is 7. The highest BCUT2D eigenvalue weighted by Gasteiger charge is 2.18. The molecule has 0 atom stereocenters. The predicted molar refractivity (Wildman–Crippen MR) is 131 cm³/mol. The van der Waals surface area contributed by atoms with Gasteiger partial charge in [-0.15, -0.1) is 0 Å². The monoisotopic (exact) mass is 444 g/mol. The molecule has 1 aromatic carbocycles. The Hall–Kier alpha value is -3.85. The van der Waals surface area contributed by atoms with E-state index in [0.29, 0.717) is 23.4 Å². The Labute approximate surface area is 192 Å². The maximum Gasteiger partial charge on any atom is 0.325 e. The number of benzene rings is 1. The number of likely N-dealkylation sites (N-methyl/N-ethyl adjacent to an activating group) is 1. The number of ether oxygens (including phenoxy) is 1. The molecule has 1 aliphatic rings. The molecule has 3 N–H and O–H groups in total. The predicted octanol–water partition coefficient (Wildman–Crippen LogP) is 4.31. The lowest BCUT2D eigenvalue weighted by Crippen LogP contribution is -2.44. The lowest BCUT2D eigenvalue weighted by molar-refractivity contribution is 0.311. The molecule has 9 heteroatoms. The van der Waals surface area contributed by atoms with E-state index in [4.69, 9.17) is 9.72 Å². The Morgan fingerprint density at radius 3 is 2.70 bits per heavy atom. The third-order valence-corrected chi connectivity index (χ3v) is 5.66. The van der Waals surface area contributed by atoms with Gasteiger partial charge in [-0.1, -0.05) is 6.08 Å². The molecule has 4 aromatic rings. The van der Waals surface area contributed by atoms with E-state index in [-0.39, 0.29) is 0 Å². The minimum Gasteiger partial charge on any atom is -0.424 e. The van der Waals surface area contributed by atoms with Crippen LogP contribution in [0.1, 0.15) is 18.3 Å². The average Bonchev–Trinajstić information content (AvgIpc) is 3.39. The molecule has 0 spiro atoms. The summed E-state index contributed by atoms with van der Waals surface area (Å²) < 4.78 is 6.12. The van der Waals surface area contributed by atoms with Gasteiger partial charge in [0, 0.05) is 54.9 Å². The van der Waals surface area contributed by atoms with Gasteiger partial charge >= 0.3 is 6.01 Å². The number of allylic oxidation sites excluding steroid dienone is 1. The molecule has 0 aliphatic carbocycles. The molecular formula is C24H28N8O. The van der Waals surface area contributed by atoms with E-state index < -0.39 is 0 Å². The van der Waals surface area contributed by atoms with Crippen molar-refractivity contribution < 1.29 is 4.74 Å². The number of aryl methyl sites for hydroxylation is 1. The van der Waals surface area contributed by atoms with Crippen molar-refractivity contribution in [3.63, 3.8) is 0 Å². The molecule has 0 saturated carbocycles. The number of anilines is 3. The molecule has 0 bridgehead atoms. The van der Waals surface area contributed by atoms with Gasteiger partial charge in [-0.25, -0.2) is 0 Å². The van der Waals surface area contributed by atoms with Crippen LogP contribution in [0.25, 0.3) is 17.0 Å². The van der Waals surface area contributed by atoms with Crippen molar-refractivity contribution in [1.29, 1.82) is 0 Å². The molecule has 4 heterocycles. The smallest absolute Gasteiger partial charge is 0.325 e. The van der Waals surface area contributed by atoms with Crippen molar-refractivity contribution in [2.24, 2.45) is 0 Å². The largest absolute Gasteiger partial charge is 0.424 e. The van der Waals surface area contributed by atoms with Crippen LogP contribution in [-0.4, -0.2) is 63.3 Å². The quantitative estimate of drug-likeness (QED) is 0.408. The summed E-state index contributed by atoms with van der Waals surface area (Å²) in [7, 11) is 2.14. The lowest BCUT2D eigenvalue weighted by atomic mass is 10.2. The van der Waals surface area contributed by atoms with Crippen LogP contribution in [0.15, 0.2) is 42.5 Å². The van der Waals surface area contributed by atoms with Gasteiger partial charge in [0.05, 0.1) is 5.69 Å². The van der Waals surface area contributed by atoms with Crippen molar-refractivity contribution in [3.8, 4) is 11.8 Å². The van der Waals surface area contributed by atoms with E-state index >= 15 is 0 Å². The number of aromatic nitrogens is 5. The Bertz CT molecular complexity index is 1280. The molecule has 0 amide bonds. The average molecular weight is 445 g/mol. The highest BCUT2D eigenvalue weighted by Crippen LogP contribution is 2.28. The molecule has 0 radical (unpaired) electrons. The van der Waals surface area contributed by atoms with Crippen LogP contribution < -0.4 is 15.0 Å². The van der Waals surface area contributed by atoms with Crippen molar-refractivity contribution >= 4 is 34.4 Å². The number of piperazine rings is 1. The van der Waals surface area contributed by atoms with Crippen LogP contribution in [0.5, 0.6) is 11.8 Å². The normalized spacial score (nSPS) is 14.9. The van der Waals surface area contributed by atoms with E-state index in [0.717, 1.165) is 54.3 Å². The molecule has 1 fully saturated rings. The van der Waals surface area contributed by atoms with Crippen LogP contribution >= 0.6 is 0 Å². The van der Waals surface area contributed by atoms with E-state index in [1.165, 1.54) is 0 Å². The van der Waals surface area contributed by atoms with Gasteiger partial charge in [0.2, 0.25) is 0 Å². The van der Waals surface area contributed by atoms with Gasteiger partial charge in [-0.2, -0.15) is 15.1 Å². The van der Waals surface area contributed by atoms with Gasteiger partial charge in [0.15, 0.2) is 5.82 Å². The molecule has 5 rings (SSSR count). The Morgan fingerprint density at radius 1 is 1.03 bits per heavy atom. The number of aromatic amines is 2. The summed E-state index contributed by atoms with van der Waals surface area (Å²) >= 11 is 0. The number of hydrogen-bond donors (Lipinski definition) is 3. The summed E-state index contributed by atoms with van der Waals surface area (Å²) in [5.74, 6) is 2.84. The van der Waals surface area contributed by atoms with E-state index in [9.17, 15) is 0 Å². The number of H-pyrrole nitrogens is 2. The maximum atomic E-state index is 6.12. The Kier molecular flexibility index (Phi) is 5.70. The van der Waals surface area contributed by atoms with E-state index in [1.54, 1.807) is 0 Å². The Balaban J connectivity index is 1.45. The van der Waals surface area contributed by atoms with Crippen LogP contribution in [0.2, 0.25) is 0 Å². The summed E-state index contributed by atoms with van der Waals surface area (Å²) in [6.45, 7) is 7.77. The van der Waals surface area contributed by atoms with Gasteiger partial charge in [-0.05, 0) is 51.2 Å². The van der Waals surface area contributed by atoms with E-state index in [2.05, 4.69) is 48.4 Å². The van der Waals surface area contributed by atoms with Crippen LogP contribution in [-0.2, 0) is 0 Å². The highest BCUT2D eigenvalue weighted by molar-refractivity contribution is 5.81. The van der Waals surface area contributed by atoms with Gasteiger partial charge in [0.25, 0.3) is 0 Å². The summed E-state index contributed by atoms with van der Waals surface area (Å²) in [6.07, 6.45) is 3.92. The van der Waals surface area contributed by atoms with E-state index in [1.807, 2.05) is 56.3 Å². The molecule has 9 nitrogen and oxygen atoms in total. The Morgan fingerprint density at radius 2 is 1.88 bits per heavy atom. The van der Waals surface area contributed by atoms with Crippen LogP contribution in [0, 0.1) is 6.92 Å². The zero-order valence-electron chi connectivity index (χ0n) is 19.1. The zero-order valence-corrected chi connectivity index (χ0v) is 19.1. The van der Waals surface area contributed by atoms with Gasteiger partial charge in [-0.3, -0.25) is 5.10 Å². The summed E-state index contributed by atoms with van der Waals surface area (Å²) in [6, 6.07) is 12.2. The fourth-order valence-electron chi connectivity index (χ4n) is 3.94. The molecule has 0 unspecified atom stereocenters. The summed E-state index contributed by atoms with van der Waals surface area (Å²) in [5, 5.41) is 11.7. The summed E-state index contributed by atoms with van der Waals surface area (Å²) in [4.78, 5) is 17.2. The lowest BCUT2D eigenvalue weighted by Gasteiger charge is -2.33. The first-order valence-corrected chi connectivity index (χ1v) is 11.1. The van der Waals surface area contributed by atoms with Crippen molar-refractivity contribution in [2.45, 2.75) is 13.8 Å². The second-order valence-electron chi connectivity index (χ2n) is 8.32. The number of nitrogens with one attached hydrogen (secondary N) is 3. The highest BCUT2D eigenvalue weighted by atomic mass is 16.5. The molecule has 1 saturated heterocycles. The maximum absolute atomic E-state index is 6.12. The first-order chi connectivity index (χ1) is 16.1. The van der Waals surface area contributed by atoms with Crippen molar-refractivity contribution in [3.05, 3.63) is 53.9 Å². The SMILES string of the molecule is C/C=C/c1cc(Nc2cc(N3CCN(C)CC3)nc(Oc3ccc4[nH]c(C)cc4c3)n2)n[nH]1. The van der Waals surface area contributed by atoms with Gasteiger partial charge < -0.3 is 24.8 Å². The van der Waals surface area contributed by atoms with Crippen molar-refractivity contribution in [2.75, 3.05) is 43.4 Å².